The molecule has 1 aliphatic rings. The maximum atomic E-state index is 12.2. The van der Waals surface area contributed by atoms with E-state index in [1.54, 1.807) is 16.7 Å². The number of hydrogen-bond acceptors (Lipinski definition) is 4. The van der Waals surface area contributed by atoms with E-state index in [1.807, 2.05) is 37.3 Å². The van der Waals surface area contributed by atoms with E-state index in [0.717, 1.165) is 5.56 Å². The molecule has 21 heavy (non-hydrogen) atoms. The van der Waals surface area contributed by atoms with E-state index in [4.69, 9.17) is 5.73 Å². The molecule has 0 aliphatic carbocycles. The molecule has 1 heterocycles. The summed E-state index contributed by atoms with van der Waals surface area (Å²) in [6, 6.07) is 9.05. The highest BCUT2D eigenvalue weighted by molar-refractivity contribution is 7.99. The molecule has 0 spiro atoms. The van der Waals surface area contributed by atoms with Crippen molar-refractivity contribution in [3.05, 3.63) is 35.9 Å². The third-order valence-electron chi connectivity index (χ3n) is 3.53. The first kappa shape index (κ1) is 15.9. The van der Waals surface area contributed by atoms with E-state index in [-0.39, 0.29) is 23.9 Å². The predicted molar refractivity (Wildman–Crippen MR) is 84.6 cm³/mol. The first-order valence-electron chi connectivity index (χ1n) is 7.09. The molecule has 5 nitrogen and oxygen atoms in total. The first-order valence-corrected chi connectivity index (χ1v) is 8.24. The highest BCUT2D eigenvalue weighted by atomic mass is 32.2. The van der Waals surface area contributed by atoms with E-state index >= 15 is 0 Å². The number of nitrogens with zero attached hydrogens (tertiary/aromatic N) is 1. The highest BCUT2D eigenvalue weighted by Crippen LogP contribution is 2.21. The molecular weight excluding hydrogens is 286 g/mol. The number of rotatable bonds is 5. The van der Waals surface area contributed by atoms with Crippen molar-refractivity contribution < 1.29 is 9.59 Å². The van der Waals surface area contributed by atoms with Crippen molar-refractivity contribution >= 4 is 23.6 Å². The van der Waals surface area contributed by atoms with E-state index in [2.05, 4.69) is 5.32 Å². The zero-order valence-electron chi connectivity index (χ0n) is 12.1. The van der Waals surface area contributed by atoms with Crippen LogP contribution in [-0.2, 0) is 9.59 Å². The topological polar surface area (TPSA) is 75.4 Å². The molecule has 0 saturated carbocycles. The van der Waals surface area contributed by atoms with Crippen LogP contribution in [0.1, 0.15) is 24.9 Å². The molecule has 1 aromatic rings. The van der Waals surface area contributed by atoms with Gasteiger partial charge in [0.15, 0.2) is 0 Å². The smallest absolute Gasteiger partial charge is 0.243 e. The molecule has 2 unspecified atom stereocenters. The van der Waals surface area contributed by atoms with Gasteiger partial charge in [0, 0.05) is 24.8 Å². The molecule has 0 aromatic heterocycles. The standard InChI is InChI=1S/C15H21N3O2S/c1-2-14(19)18-10-21-9-13(18)15(20)17-8-12(16)11-6-4-3-5-7-11/h3-7,12-13H,2,8-10,16H2,1H3,(H,17,20). The minimum atomic E-state index is -0.370. The Morgan fingerprint density at radius 2 is 2.14 bits per heavy atom. The van der Waals surface area contributed by atoms with Gasteiger partial charge in [0.05, 0.1) is 5.88 Å². The van der Waals surface area contributed by atoms with Crippen molar-refractivity contribution in [3.8, 4) is 0 Å². The van der Waals surface area contributed by atoms with Crippen LogP contribution in [0.4, 0.5) is 0 Å². The average molecular weight is 307 g/mol. The van der Waals surface area contributed by atoms with Gasteiger partial charge in [-0.15, -0.1) is 11.8 Å². The Hall–Kier alpha value is -1.53. The predicted octanol–water partition coefficient (Wildman–Crippen LogP) is 1.11. The van der Waals surface area contributed by atoms with Gasteiger partial charge in [0.1, 0.15) is 6.04 Å². The third kappa shape index (κ3) is 3.98. The molecule has 0 radical (unpaired) electrons. The van der Waals surface area contributed by atoms with Gasteiger partial charge in [-0.05, 0) is 5.56 Å². The minimum Gasteiger partial charge on any atom is -0.352 e. The summed E-state index contributed by atoms with van der Waals surface area (Å²) in [5, 5.41) is 2.86. The number of carbonyl (C=O) groups excluding carboxylic acids is 2. The Morgan fingerprint density at radius 1 is 1.43 bits per heavy atom. The van der Waals surface area contributed by atoms with E-state index in [0.29, 0.717) is 24.6 Å². The van der Waals surface area contributed by atoms with Crippen molar-refractivity contribution in [2.24, 2.45) is 5.73 Å². The summed E-state index contributed by atoms with van der Waals surface area (Å²) in [6.45, 7) is 2.18. The number of thioether (sulfide) groups is 1. The fourth-order valence-electron chi connectivity index (χ4n) is 2.26. The van der Waals surface area contributed by atoms with Gasteiger partial charge in [0.2, 0.25) is 11.8 Å². The fraction of sp³-hybridized carbons (Fsp3) is 0.467. The Morgan fingerprint density at radius 3 is 2.81 bits per heavy atom. The second-order valence-corrected chi connectivity index (χ2v) is 5.99. The lowest BCUT2D eigenvalue weighted by Gasteiger charge is -2.23. The highest BCUT2D eigenvalue weighted by Gasteiger charge is 2.33. The normalized spacial score (nSPS) is 19.3. The summed E-state index contributed by atoms with van der Waals surface area (Å²) in [4.78, 5) is 25.7. The summed E-state index contributed by atoms with van der Waals surface area (Å²) in [6.07, 6.45) is 0.424. The van der Waals surface area contributed by atoms with Gasteiger partial charge < -0.3 is 16.0 Å². The molecule has 1 saturated heterocycles. The Balaban J connectivity index is 1.88. The van der Waals surface area contributed by atoms with Crippen molar-refractivity contribution in [3.63, 3.8) is 0 Å². The second kappa shape index (κ2) is 7.47. The van der Waals surface area contributed by atoms with E-state index < -0.39 is 0 Å². The van der Waals surface area contributed by atoms with Crippen LogP contribution in [0, 0.1) is 0 Å². The number of benzene rings is 1. The van der Waals surface area contributed by atoms with Crippen LogP contribution in [0.2, 0.25) is 0 Å². The summed E-state index contributed by atoms with van der Waals surface area (Å²) >= 11 is 1.61. The van der Waals surface area contributed by atoms with Crippen LogP contribution in [-0.4, -0.2) is 40.9 Å². The zero-order valence-corrected chi connectivity index (χ0v) is 12.9. The fourth-order valence-corrected chi connectivity index (χ4v) is 3.44. The van der Waals surface area contributed by atoms with Gasteiger partial charge >= 0.3 is 0 Å². The molecule has 2 rings (SSSR count). The number of carbonyl (C=O) groups is 2. The summed E-state index contributed by atoms with van der Waals surface area (Å²) in [5.41, 5.74) is 7.05. The Kier molecular flexibility index (Phi) is 5.64. The minimum absolute atomic E-state index is 0.0208. The third-order valence-corrected chi connectivity index (χ3v) is 4.54. The van der Waals surface area contributed by atoms with E-state index in [1.165, 1.54) is 0 Å². The van der Waals surface area contributed by atoms with Gasteiger partial charge in [0.25, 0.3) is 0 Å². The first-order chi connectivity index (χ1) is 10.1. The van der Waals surface area contributed by atoms with E-state index in [9.17, 15) is 9.59 Å². The summed E-state index contributed by atoms with van der Waals surface area (Å²) < 4.78 is 0. The van der Waals surface area contributed by atoms with Crippen LogP contribution in [0.3, 0.4) is 0 Å². The van der Waals surface area contributed by atoms with Crippen LogP contribution in [0.15, 0.2) is 30.3 Å². The van der Waals surface area contributed by atoms with Crippen LogP contribution in [0.5, 0.6) is 0 Å². The van der Waals surface area contributed by atoms with Gasteiger partial charge in [-0.25, -0.2) is 0 Å². The maximum absolute atomic E-state index is 12.2. The SMILES string of the molecule is CCC(=O)N1CSCC1C(=O)NCC(N)c1ccccc1. The van der Waals surface area contributed by atoms with Gasteiger partial charge in [-0.2, -0.15) is 0 Å². The lowest BCUT2D eigenvalue weighted by molar-refractivity contribution is -0.137. The lowest BCUT2D eigenvalue weighted by Crippen LogP contribution is -2.48. The number of hydrogen-bond donors (Lipinski definition) is 2. The van der Waals surface area contributed by atoms with Crippen molar-refractivity contribution in [1.29, 1.82) is 0 Å². The molecule has 1 fully saturated rings. The summed E-state index contributed by atoms with van der Waals surface area (Å²) in [7, 11) is 0. The largest absolute Gasteiger partial charge is 0.352 e. The summed E-state index contributed by atoms with van der Waals surface area (Å²) in [5.74, 6) is 1.15. The monoisotopic (exact) mass is 307 g/mol. The molecule has 1 aromatic carbocycles. The maximum Gasteiger partial charge on any atom is 0.243 e. The molecule has 2 amide bonds. The van der Waals surface area contributed by atoms with Gasteiger partial charge in [-0.1, -0.05) is 37.3 Å². The quantitative estimate of drug-likeness (QED) is 0.854. The molecular formula is C15H21N3O2S. The molecule has 0 bridgehead atoms. The number of amides is 2. The van der Waals surface area contributed by atoms with Crippen LogP contribution < -0.4 is 11.1 Å². The molecule has 2 atom stereocenters. The van der Waals surface area contributed by atoms with Crippen molar-refractivity contribution in [2.75, 3.05) is 18.2 Å². The van der Waals surface area contributed by atoms with Crippen molar-refractivity contribution in [2.45, 2.75) is 25.4 Å². The number of nitrogens with one attached hydrogen (secondary N) is 1. The second-order valence-electron chi connectivity index (χ2n) is 5.00. The lowest BCUT2D eigenvalue weighted by atomic mass is 10.1. The molecule has 6 heteroatoms. The zero-order chi connectivity index (χ0) is 15.2. The Bertz CT molecular complexity index is 495. The molecule has 114 valence electrons. The molecule has 1 aliphatic heterocycles. The Labute approximate surface area is 129 Å². The molecule has 3 N–H and O–H groups in total. The van der Waals surface area contributed by atoms with Crippen LogP contribution >= 0.6 is 11.8 Å². The van der Waals surface area contributed by atoms with Crippen LogP contribution in [0.25, 0.3) is 0 Å². The average Bonchev–Trinajstić information content (AvgIpc) is 3.02. The van der Waals surface area contributed by atoms with Gasteiger partial charge in [-0.3, -0.25) is 9.59 Å². The number of nitrogens with two attached hydrogens (primary N) is 1. The van der Waals surface area contributed by atoms with Crippen molar-refractivity contribution in [1.82, 2.24) is 10.2 Å².